The molecule has 4 rings (SSSR count). The number of halogens is 1. The average molecular weight is 539 g/mol. The van der Waals surface area contributed by atoms with E-state index in [4.69, 9.17) is 29.7 Å². The van der Waals surface area contributed by atoms with E-state index < -0.39 is 29.8 Å². The van der Waals surface area contributed by atoms with Crippen molar-refractivity contribution in [3.8, 4) is 0 Å². The molecule has 2 heterocycles. The fourth-order valence-corrected chi connectivity index (χ4v) is 10.5. The third kappa shape index (κ3) is 6.18. The molecule has 35 heavy (non-hydrogen) atoms. The van der Waals surface area contributed by atoms with E-state index in [-0.39, 0.29) is 23.4 Å². The second-order valence-corrected chi connectivity index (χ2v) is 16.8. The Morgan fingerprint density at radius 1 is 0.971 bits per heavy atom. The van der Waals surface area contributed by atoms with Crippen LogP contribution in [0.1, 0.15) is 40.0 Å². The van der Waals surface area contributed by atoms with Crippen LogP contribution in [-0.4, -0.2) is 59.6 Å². The Hall–Kier alpha value is -1.26. The van der Waals surface area contributed by atoms with Crippen LogP contribution in [0.15, 0.2) is 60.7 Å². The van der Waals surface area contributed by atoms with Gasteiger partial charge in [-0.05, 0) is 28.3 Å². The van der Waals surface area contributed by atoms with Crippen LogP contribution in [0.4, 0.5) is 0 Å². The molecule has 0 amide bonds. The van der Waals surface area contributed by atoms with Gasteiger partial charge in [-0.25, -0.2) is 0 Å². The number of epoxide rings is 1. The van der Waals surface area contributed by atoms with Gasteiger partial charge < -0.3 is 13.9 Å². The molecule has 192 valence electrons. The van der Waals surface area contributed by atoms with E-state index in [2.05, 4.69) is 69.3 Å². The smallest absolute Gasteiger partial charge is 0.281 e. The minimum Gasteiger partial charge on any atom is -0.405 e. The van der Waals surface area contributed by atoms with Crippen molar-refractivity contribution in [1.82, 2.24) is 0 Å². The molecule has 2 aliphatic rings. The van der Waals surface area contributed by atoms with Crippen LogP contribution in [0.3, 0.4) is 0 Å². The van der Waals surface area contributed by atoms with Crippen LogP contribution < -0.4 is 10.4 Å². The van der Waals surface area contributed by atoms with Crippen LogP contribution in [0.25, 0.3) is 0 Å². The zero-order chi connectivity index (χ0) is 25.1. The maximum absolute atomic E-state index is 11.9. The Balaban J connectivity index is 1.48. The molecule has 4 atom stereocenters. The monoisotopic (exact) mass is 538 g/mol. The van der Waals surface area contributed by atoms with Crippen molar-refractivity contribution in [3.63, 3.8) is 0 Å². The van der Waals surface area contributed by atoms with Gasteiger partial charge in [-0.1, -0.05) is 81.4 Å². The van der Waals surface area contributed by atoms with Gasteiger partial charge in [0.1, 0.15) is 17.4 Å². The molecule has 2 fully saturated rings. The Bertz CT molecular complexity index is 1020. The summed E-state index contributed by atoms with van der Waals surface area (Å²) in [5.41, 5.74) is 0. The quantitative estimate of drug-likeness (QED) is 0.198. The van der Waals surface area contributed by atoms with Gasteiger partial charge in [0.25, 0.3) is 18.4 Å². The number of hydrogen-bond donors (Lipinski definition) is 0. The molecule has 0 aliphatic carbocycles. The Morgan fingerprint density at radius 2 is 1.57 bits per heavy atom. The minimum atomic E-state index is -3.76. The lowest BCUT2D eigenvalue weighted by atomic mass is 10.0. The van der Waals surface area contributed by atoms with Crippen molar-refractivity contribution in [1.29, 1.82) is 0 Å². The molecule has 2 saturated heterocycles. The van der Waals surface area contributed by atoms with Crippen molar-refractivity contribution in [2.75, 3.05) is 18.4 Å². The first-order chi connectivity index (χ1) is 16.7. The van der Waals surface area contributed by atoms with E-state index >= 15 is 0 Å². The van der Waals surface area contributed by atoms with Gasteiger partial charge in [-0.2, -0.15) is 8.42 Å². The van der Waals surface area contributed by atoms with E-state index in [1.165, 1.54) is 10.4 Å². The van der Waals surface area contributed by atoms with Crippen LogP contribution in [0.2, 0.25) is 5.04 Å². The van der Waals surface area contributed by atoms with Crippen LogP contribution in [-0.2, 0) is 28.2 Å². The van der Waals surface area contributed by atoms with Gasteiger partial charge in [-0.15, -0.1) is 11.6 Å². The summed E-state index contributed by atoms with van der Waals surface area (Å²) in [6, 6.07) is 21.0. The molecule has 6 nitrogen and oxygen atoms in total. The number of rotatable bonds is 10. The topological polar surface area (TPSA) is 74.4 Å². The number of hydrogen-bond acceptors (Lipinski definition) is 6. The van der Waals surface area contributed by atoms with Gasteiger partial charge >= 0.3 is 0 Å². The van der Waals surface area contributed by atoms with Gasteiger partial charge in [-0.3, -0.25) is 4.18 Å². The summed E-state index contributed by atoms with van der Waals surface area (Å²) < 4.78 is 47.9. The Kier molecular flexibility index (Phi) is 8.42. The van der Waals surface area contributed by atoms with Crippen molar-refractivity contribution in [3.05, 3.63) is 60.7 Å². The van der Waals surface area contributed by atoms with Gasteiger partial charge in [0, 0.05) is 13.0 Å². The van der Waals surface area contributed by atoms with Crippen molar-refractivity contribution in [2.45, 2.75) is 69.5 Å². The van der Waals surface area contributed by atoms with E-state index in [9.17, 15) is 8.42 Å². The molecule has 0 N–H and O–H groups in total. The molecule has 2 aromatic carbocycles. The fourth-order valence-electron chi connectivity index (χ4n) is 5.09. The standard InChI is InChI=1S/C26H35ClO6SSi/c1-26(2,3)35(20-11-6-4-7-12-20,21-13-8-5-9-14-21)31-18-25-24(32-25)17-23-22(15-10-16-30-23)33-34(28,29)19-27/h4-9,11-14,22-25H,10,15-19H2,1-3H3/t22-,23-,24-,25+/m0/s1. The second kappa shape index (κ2) is 11.0. The summed E-state index contributed by atoms with van der Waals surface area (Å²) in [5.74, 6) is 0. The summed E-state index contributed by atoms with van der Waals surface area (Å²) in [5, 5.41) is 1.78. The summed E-state index contributed by atoms with van der Waals surface area (Å²) in [6.07, 6.45) is 0.951. The van der Waals surface area contributed by atoms with Gasteiger partial charge in [0.15, 0.2) is 0 Å². The van der Waals surface area contributed by atoms with Crippen molar-refractivity contribution >= 4 is 40.4 Å². The highest BCUT2D eigenvalue weighted by molar-refractivity contribution is 7.87. The number of benzene rings is 2. The van der Waals surface area contributed by atoms with E-state index in [1.54, 1.807) is 0 Å². The van der Waals surface area contributed by atoms with Crippen LogP contribution >= 0.6 is 11.6 Å². The normalized spacial score (nSPS) is 25.4. The third-order valence-corrected chi connectivity index (χ3v) is 13.4. The number of ether oxygens (including phenoxy) is 2. The van der Waals surface area contributed by atoms with E-state index in [1.807, 2.05) is 12.1 Å². The molecule has 0 spiro atoms. The Morgan fingerprint density at radius 3 is 2.11 bits per heavy atom. The molecule has 2 aliphatic heterocycles. The lowest BCUT2D eigenvalue weighted by Gasteiger charge is -2.43. The largest absolute Gasteiger partial charge is 0.405 e. The van der Waals surface area contributed by atoms with Crippen LogP contribution in [0.5, 0.6) is 0 Å². The molecule has 0 aromatic heterocycles. The Labute approximate surface area is 215 Å². The molecule has 0 bridgehead atoms. The highest BCUT2D eigenvalue weighted by atomic mass is 35.5. The first-order valence-corrected chi connectivity index (χ1v) is 16.2. The molecular weight excluding hydrogens is 504 g/mol. The molecule has 0 saturated carbocycles. The molecule has 9 heteroatoms. The van der Waals surface area contributed by atoms with Crippen molar-refractivity contribution < 1.29 is 26.5 Å². The fraction of sp³-hybridized carbons (Fsp3) is 0.538. The zero-order valence-corrected chi connectivity index (χ0v) is 23.1. The van der Waals surface area contributed by atoms with Gasteiger partial charge in [0.2, 0.25) is 0 Å². The molecular formula is C26H35ClO6SSi. The summed E-state index contributed by atoms with van der Waals surface area (Å²) >= 11 is 5.53. The predicted molar refractivity (Wildman–Crippen MR) is 140 cm³/mol. The first kappa shape index (κ1) is 26.8. The zero-order valence-electron chi connectivity index (χ0n) is 20.6. The first-order valence-electron chi connectivity index (χ1n) is 12.2. The van der Waals surface area contributed by atoms with E-state index in [0.29, 0.717) is 26.1 Å². The third-order valence-electron chi connectivity index (χ3n) is 6.82. The summed E-state index contributed by atoms with van der Waals surface area (Å²) in [6.45, 7) is 7.80. The average Bonchev–Trinajstić information content (AvgIpc) is 3.59. The summed E-state index contributed by atoms with van der Waals surface area (Å²) in [7, 11) is -6.40. The summed E-state index contributed by atoms with van der Waals surface area (Å²) in [4.78, 5) is 0. The second-order valence-electron chi connectivity index (χ2n) is 10.3. The SMILES string of the molecule is CC(C)(C)[Si](OC[C@H]1O[C@H]1C[C@@H]1OCCC[C@@H]1OS(=O)(=O)CCl)(c1ccccc1)c1ccccc1. The molecule has 0 radical (unpaired) electrons. The maximum atomic E-state index is 11.9. The maximum Gasteiger partial charge on any atom is 0.281 e. The molecule has 2 aromatic rings. The van der Waals surface area contributed by atoms with E-state index in [0.717, 1.165) is 6.42 Å². The lowest BCUT2D eigenvalue weighted by Crippen LogP contribution is -2.66. The highest BCUT2D eigenvalue weighted by Crippen LogP contribution is 2.39. The predicted octanol–water partition coefficient (Wildman–Crippen LogP) is 3.81. The molecule has 0 unspecified atom stereocenters. The van der Waals surface area contributed by atoms with Crippen molar-refractivity contribution in [2.24, 2.45) is 0 Å². The van der Waals surface area contributed by atoms with Crippen LogP contribution in [0, 0.1) is 0 Å². The number of alkyl halides is 1. The van der Waals surface area contributed by atoms with Gasteiger partial charge in [0.05, 0.1) is 18.8 Å². The lowest BCUT2D eigenvalue weighted by molar-refractivity contribution is -0.0661. The minimum absolute atomic E-state index is 0.0545. The highest BCUT2D eigenvalue weighted by Gasteiger charge is 2.52.